The number of piperidine rings is 1. The Bertz CT molecular complexity index is 1290. The molecule has 3 amide bonds. The zero-order valence-corrected chi connectivity index (χ0v) is 21.3. The number of hydrogen-bond donors (Lipinski definition) is 3. The van der Waals surface area contributed by atoms with E-state index in [1.807, 2.05) is 24.4 Å². The van der Waals surface area contributed by atoms with Crippen LogP contribution in [-0.2, 0) is 14.3 Å². The number of aromatic amines is 1. The first kappa shape index (κ1) is 25.2. The molecule has 0 saturated carbocycles. The summed E-state index contributed by atoms with van der Waals surface area (Å²) in [6.45, 7) is 9.67. The van der Waals surface area contributed by atoms with Gasteiger partial charge < -0.3 is 19.9 Å². The number of pyridine rings is 1. The third-order valence-corrected chi connectivity index (χ3v) is 6.19. The summed E-state index contributed by atoms with van der Waals surface area (Å²) in [7, 11) is 0. The minimum absolute atomic E-state index is 0.168. The predicted molar refractivity (Wildman–Crippen MR) is 139 cm³/mol. The van der Waals surface area contributed by atoms with Crippen molar-refractivity contribution in [2.45, 2.75) is 59.1 Å². The summed E-state index contributed by atoms with van der Waals surface area (Å²) in [4.78, 5) is 47.4. The second-order valence-electron chi connectivity index (χ2n) is 10.5. The van der Waals surface area contributed by atoms with Gasteiger partial charge in [-0.15, -0.1) is 0 Å². The van der Waals surface area contributed by atoms with Gasteiger partial charge in [0.2, 0.25) is 0 Å². The topological polar surface area (TPSA) is 116 Å². The summed E-state index contributed by atoms with van der Waals surface area (Å²) in [6.07, 6.45) is 4.45. The fourth-order valence-electron chi connectivity index (χ4n) is 4.49. The van der Waals surface area contributed by atoms with E-state index in [0.717, 1.165) is 29.3 Å². The number of aryl methyl sites for hydroxylation is 1. The lowest BCUT2D eigenvalue weighted by atomic mass is 9.89. The van der Waals surface area contributed by atoms with Crippen molar-refractivity contribution in [3.05, 3.63) is 53.9 Å². The molecule has 0 bridgehead atoms. The van der Waals surface area contributed by atoms with Crippen LogP contribution in [0.15, 0.2) is 42.7 Å². The molecule has 1 aromatic carbocycles. The number of likely N-dealkylation sites (tertiary alicyclic amines) is 1. The van der Waals surface area contributed by atoms with Gasteiger partial charge in [0.1, 0.15) is 11.4 Å². The molecule has 9 nitrogen and oxygen atoms in total. The highest BCUT2D eigenvalue weighted by Gasteiger charge is 2.34. The van der Waals surface area contributed by atoms with Crippen molar-refractivity contribution in [2.75, 3.05) is 17.2 Å². The number of aromatic nitrogens is 2. The van der Waals surface area contributed by atoms with Gasteiger partial charge in [0, 0.05) is 18.3 Å². The van der Waals surface area contributed by atoms with Crippen LogP contribution in [0.25, 0.3) is 10.9 Å². The van der Waals surface area contributed by atoms with Crippen LogP contribution in [0.3, 0.4) is 0 Å². The zero-order valence-electron chi connectivity index (χ0n) is 21.3. The van der Waals surface area contributed by atoms with E-state index in [-0.39, 0.29) is 6.04 Å². The van der Waals surface area contributed by atoms with Gasteiger partial charge in [-0.3, -0.25) is 14.9 Å². The molecule has 2 aromatic heterocycles. The van der Waals surface area contributed by atoms with Gasteiger partial charge in [-0.05, 0) is 87.2 Å². The first-order valence-corrected chi connectivity index (χ1v) is 12.2. The molecule has 9 heteroatoms. The Kier molecular flexibility index (Phi) is 7.01. The normalized spacial score (nSPS) is 18.1. The number of benzene rings is 1. The number of amides is 3. The molecule has 190 valence electrons. The van der Waals surface area contributed by atoms with Crippen molar-refractivity contribution >= 4 is 40.3 Å². The van der Waals surface area contributed by atoms with Crippen LogP contribution in [0.5, 0.6) is 0 Å². The van der Waals surface area contributed by atoms with E-state index in [9.17, 15) is 14.4 Å². The minimum atomic E-state index is -0.717. The standard InChI is InChI=1S/C27H33N5O4/c1-16-6-9-22(19-7-8-21-18(13-19)10-11-28-21)32(15-16)25(34)24(33)30-20-12-17(2)23(29-14-20)31-26(35)36-27(3,4)5/h7-8,10-14,16,22,28H,6,9,15H2,1-5H3,(H,30,33)(H,29,31,35). The van der Waals surface area contributed by atoms with Crippen molar-refractivity contribution in [3.63, 3.8) is 0 Å². The third-order valence-electron chi connectivity index (χ3n) is 6.19. The number of anilines is 2. The quantitative estimate of drug-likeness (QED) is 0.438. The lowest BCUT2D eigenvalue weighted by Gasteiger charge is -2.38. The van der Waals surface area contributed by atoms with Crippen molar-refractivity contribution in [3.8, 4) is 0 Å². The number of nitrogens with one attached hydrogen (secondary N) is 3. The molecule has 4 rings (SSSR count). The summed E-state index contributed by atoms with van der Waals surface area (Å²) >= 11 is 0. The van der Waals surface area contributed by atoms with E-state index in [1.165, 1.54) is 6.20 Å². The first-order valence-electron chi connectivity index (χ1n) is 12.2. The molecule has 3 N–H and O–H groups in total. The van der Waals surface area contributed by atoms with Gasteiger partial charge in [-0.2, -0.15) is 0 Å². The van der Waals surface area contributed by atoms with Gasteiger partial charge in [-0.1, -0.05) is 13.0 Å². The predicted octanol–water partition coefficient (Wildman–Crippen LogP) is 5.16. The van der Waals surface area contributed by atoms with Crippen LogP contribution in [0.4, 0.5) is 16.3 Å². The SMILES string of the molecule is Cc1cc(NC(=O)C(=O)N2CC(C)CCC2c2ccc3[nH]ccc3c2)cnc1NC(=O)OC(C)(C)C. The Morgan fingerprint density at radius 2 is 1.89 bits per heavy atom. The van der Waals surface area contributed by atoms with E-state index in [4.69, 9.17) is 4.74 Å². The Hall–Kier alpha value is -3.88. The Balaban J connectivity index is 1.46. The molecule has 36 heavy (non-hydrogen) atoms. The highest BCUT2D eigenvalue weighted by Crippen LogP contribution is 2.34. The fraction of sp³-hybridized carbons (Fsp3) is 0.407. The maximum absolute atomic E-state index is 13.3. The highest BCUT2D eigenvalue weighted by atomic mass is 16.6. The van der Waals surface area contributed by atoms with E-state index in [2.05, 4.69) is 33.6 Å². The van der Waals surface area contributed by atoms with Crippen LogP contribution in [0.1, 0.15) is 57.7 Å². The summed E-state index contributed by atoms with van der Waals surface area (Å²) in [5.74, 6) is -0.671. The Labute approximate surface area is 210 Å². The van der Waals surface area contributed by atoms with Gasteiger partial charge in [0.25, 0.3) is 0 Å². The Morgan fingerprint density at radius 1 is 1.11 bits per heavy atom. The van der Waals surface area contributed by atoms with E-state index in [1.54, 1.807) is 38.7 Å². The number of carbonyl (C=O) groups is 3. The molecule has 2 unspecified atom stereocenters. The van der Waals surface area contributed by atoms with E-state index >= 15 is 0 Å². The van der Waals surface area contributed by atoms with Crippen LogP contribution < -0.4 is 10.6 Å². The Morgan fingerprint density at radius 3 is 2.61 bits per heavy atom. The molecule has 3 aromatic rings. The lowest BCUT2D eigenvalue weighted by Crippen LogP contribution is -2.46. The van der Waals surface area contributed by atoms with E-state index in [0.29, 0.717) is 29.5 Å². The minimum Gasteiger partial charge on any atom is -0.444 e. The van der Waals surface area contributed by atoms with Crippen molar-refractivity contribution in [1.82, 2.24) is 14.9 Å². The molecule has 0 radical (unpaired) electrons. The molecule has 1 aliphatic rings. The molecule has 0 aliphatic carbocycles. The molecular weight excluding hydrogens is 458 g/mol. The van der Waals surface area contributed by atoms with Gasteiger partial charge in [-0.25, -0.2) is 9.78 Å². The number of fused-ring (bicyclic) bond motifs is 1. The van der Waals surface area contributed by atoms with Gasteiger partial charge in [0.15, 0.2) is 0 Å². The maximum Gasteiger partial charge on any atom is 0.413 e. The summed E-state index contributed by atoms with van der Waals surface area (Å²) in [5, 5.41) is 6.34. The molecule has 0 spiro atoms. The highest BCUT2D eigenvalue weighted by molar-refractivity contribution is 6.39. The average Bonchev–Trinajstić information content (AvgIpc) is 3.27. The molecular formula is C27H33N5O4. The van der Waals surface area contributed by atoms with E-state index < -0.39 is 23.5 Å². The lowest BCUT2D eigenvalue weighted by molar-refractivity contribution is -0.146. The average molecular weight is 492 g/mol. The zero-order chi connectivity index (χ0) is 26.0. The number of H-pyrrole nitrogens is 1. The monoisotopic (exact) mass is 491 g/mol. The fourth-order valence-corrected chi connectivity index (χ4v) is 4.49. The maximum atomic E-state index is 13.3. The second-order valence-corrected chi connectivity index (χ2v) is 10.5. The molecule has 2 atom stereocenters. The summed E-state index contributed by atoms with van der Waals surface area (Å²) in [6, 6.07) is 9.59. The summed E-state index contributed by atoms with van der Waals surface area (Å²) in [5.41, 5.74) is 2.41. The molecule has 3 heterocycles. The van der Waals surface area contributed by atoms with Crippen molar-refractivity contribution in [2.24, 2.45) is 5.92 Å². The van der Waals surface area contributed by atoms with Crippen LogP contribution >= 0.6 is 0 Å². The number of ether oxygens (including phenoxy) is 1. The largest absolute Gasteiger partial charge is 0.444 e. The van der Waals surface area contributed by atoms with Gasteiger partial charge in [0.05, 0.1) is 17.9 Å². The molecule has 1 aliphatic heterocycles. The van der Waals surface area contributed by atoms with Crippen LogP contribution in [0.2, 0.25) is 0 Å². The van der Waals surface area contributed by atoms with Gasteiger partial charge >= 0.3 is 17.9 Å². The van der Waals surface area contributed by atoms with Crippen molar-refractivity contribution in [1.29, 1.82) is 0 Å². The molecule has 1 fully saturated rings. The van der Waals surface area contributed by atoms with Crippen LogP contribution in [-0.4, -0.2) is 44.9 Å². The van der Waals surface area contributed by atoms with Crippen LogP contribution in [0, 0.1) is 12.8 Å². The summed E-state index contributed by atoms with van der Waals surface area (Å²) < 4.78 is 5.25. The molecule has 1 saturated heterocycles. The van der Waals surface area contributed by atoms with Crippen molar-refractivity contribution < 1.29 is 19.1 Å². The number of hydrogen-bond acceptors (Lipinski definition) is 5. The second kappa shape index (κ2) is 10.0. The first-order chi connectivity index (χ1) is 17.0. The number of carbonyl (C=O) groups excluding carboxylic acids is 3. The number of nitrogens with zero attached hydrogens (tertiary/aromatic N) is 2. The smallest absolute Gasteiger partial charge is 0.413 e. The third kappa shape index (κ3) is 5.84. The number of rotatable bonds is 3.